The van der Waals surface area contributed by atoms with Gasteiger partial charge >= 0.3 is 6.09 Å². The highest BCUT2D eigenvalue weighted by Gasteiger charge is 2.29. The number of nitrogens with zero attached hydrogens (tertiary/aromatic N) is 1. The molecule has 1 aromatic carbocycles. The maximum Gasteiger partial charge on any atom is 0.408 e. The fraction of sp³-hybridized carbons (Fsp3) is 0.571. The van der Waals surface area contributed by atoms with Gasteiger partial charge in [-0.2, -0.15) is 0 Å². The van der Waals surface area contributed by atoms with Crippen LogP contribution in [0.5, 0.6) is 0 Å². The van der Waals surface area contributed by atoms with E-state index < -0.39 is 12.1 Å². The Labute approximate surface area is 171 Å². The number of carbonyl (C=O) groups is 3. The lowest BCUT2D eigenvalue weighted by Gasteiger charge is -2.33. The molecule has 1 unspecified atom stereocenters. The zero-order valence-electron chi connectivity index (χ0n) is 17.3. The van der Waals surface area contributed by atoms with Gasteiger partial charge in [-0.1, -0.05) is 44.2 Å². The second-order valence-corrected chi connectivity index (χ2v) is 7.52. The van der Waals surface area contributed by atoms with Gasteiger partial charge in [-0.15, -0.1) is 0 Å². The van der Waals surface area contributed by atoms with E-state index in [4.69, 9.17) is 9.47 Å². The summed E-state index contributed by atoms with van der Waals surface area (Å²) in [5.74, 6) is -0.374. The summed E-state index contributed by atoms with van der Waals surface area (Å²) < 4.78 is 10.1. The lowest BCUT2D eigenvalue weighted by Crippen LogP contribution is -2.54. The average molecular weight is 405 g/mol. The minimum absolute atomic E-state index is 0.0301. The van der Waals surface area contributed by atoms with Crippen LogP contribution in [-0.4, -0.2) is 61.7 Å². The van der Waals surface area contributed by atoms with Crippen molar-refractivity contribution < 1.29 is 23.9 Å². The van der Waals surface area contributed by atoms with E-state index in [1.807, 2.05) is 44.2 Å². The molecule has 1 aliphatic heterocycles. The molecule has 1 heterocycles. The van der Waals surface area contributed by atoms with Gasteiger partial charge in [-0.05, 0) is 24.3 Å². The Balaban J connectivity index is 1.80. The summed E-state index contributed by atoms with van der Waals surface area (Å²) in [5, 5.41) is 5.66. The second-order valence-electron chi connectivity index (χ2n) is 7.52. The van der Waals surface area contributed by atoms with Gasteiger partial charge in [0.25, 0.3) is 0 Å². The summed E-state index contributed by atoms with van der Waals surface area (Å²) in [6, 6.07) is 8.64. The quantitative estimate of drug-likeness (QED) is 0.686. The predicted molar refractivity (Wildman–Crippen MR) is 108 cm³/mol. The Morgan fingerprint density at radius 2 is 1.79 bits per heavy atom. The molecule has 0 aromatic heterocycles. The molecule has 0 aliphatic carbocycles. The van der Waals surface area contributed by atoms with Gasteiger partial charge in [0.2, 0.25) is 11.8 Å². The standard InChI is InChI=1S/C21H31N3O5/c1-15(2)19(23-21(27)29-13-16-7-5-4-6-8-16)20(26)22-17-9-11-24(12-10-17)18(25)14-28-3/h4-8,15,17,19H,9-14H2,1-3H3,(H,22,26)(H,23,27). The van der Waals surface area contributed by atoms with Crippen LogP contribution in [0.1, 0.15) is 32.3 Å². The molecule has 1 atom stereocenters. The van der Waals surface area contributed by atoms with Crippen LogP contribution in [0.3, 0.4) is 0 Å². The molecule has 2 rings (SSSR count). The van der Waals surface area contributed by atoms with Crippen LogP contribution in [-0.2, 0) is 25.7 Å². The van der Waals surface area contributed by atoms with Crippen LogP contribution in [0, 0.1) is 5.92 Å². The van der Waals surface area contributed by atoms with Gasteiger partial charge in [0.15, 0.2) is 0 Å². The SMILES string of the molecule is COCC(=O)N1CCC(NC(=O)C(NC(=O)OCc2ccccc2)C(C)C)CC1. The number of piperidine rings is 1. The van der Waals surface area contributed by atoms with Crippen molar-refractivity contribution in [2.45, 2.75) is 45.4 Å². The van der Waals surface area contributed by atoms with Gasteiger partial charge in [0.1, 0.15) is 19.3 Å². The summed E-state index contributed by atoms with van der Waals surface area (Å²) in [6.07, 6.45) is 0.720. The minimum atomic E-state index is -0.688. The van der Waals surface area contributed by atoms with Gasteiger partial charge in [-0.3, -0.25) is 9.59 Å². The van der Waals surface area contributed by atoms with Crippen LogP contribution < -0.4 is 10.6 Å². The molecule has 1 aromatic rings. The monoisotopic (exact) mass is 405 g/mol. The van der Waals surface area contributed by atoms with Crippen LogP contribution >= 0.6 is 0 Å². The van der Waals surface area contributed by atoms with E-state index in [0.29, 0.717) is 25.9 Å². The van der Waals surface area contributed by atoms with E-state index in [9.17, 15) is 14.4 Å². The Bertz CT molecular complexity index is 672. The zero-order valence-corrected chi connectivity index (χ0v) is 17.3. The van der Waals surface area contributed by atoms with Crippen molar-refractivity contribution in [1.82, 2.24) is 15.5 Å². The largest absolute Gasteiger partial charge is 0.445 e. The van der Waals surface area contributed by atoms with E-state index in [0.717, 1.165) is 5.56 Å². The van der Waals surface area contributed by atoms with E-state index in [-0.39, 0.29) is 37.0 Å². The first-order chi connectivity index (χ1) is 13.9. The highest BCUT2D eigenvalue weighted by molar-refractivity contribution is 5.86. The van der Waals surface area contributed by atoms with Crippen molar-refractivity contribution in [1.29, 1.82) is 0 Å². The average Bonchev–Trinajstić information content (AvgIpc) is 2.71. The highest BCUT2D eigenvalue weighted by atomic mass is 16.5. The molecule has 0 spiro atoms. The van der Waals surface area contributed by atoms with E-state index in [2.05, 4.69) is 10.6 Å². The molecule has 0 radical (unpaired) electrons. The number of alkyl carbamates (subject to hydrolysis) is 1. The summed E-state index contributed by atoms with van der Waals surface area (Å²) in [5.41, 5.74) is 0.878. The van der Waals surface area contributed by atoms with Crippen molar-refractivity contribution in [2.75, 3.05) is 26.8 Å². The topological polar surface area (TPSA) is 97.0 Å². The lowest BCUT2D eigenvalue weighted by molar-refractivity contribution is -0.136. The van der Waals surface area contributed by atoms with Gasteiger partial charge in [0.05, 0.1) is 0 Å². The molecule has 160 valence electrons. The number of methoxy groups -OCH3 is 1. The fourth-order valence-electron chi connectivity index (χ4n) is 3.21. The molecule has 1 aliphatic rings. The number of hydrogen-bond donors (Lipinski definition) is 2. The van der Waals surface area contributed by atoms with Gasteiger partial charge < -0.3 is 25.0 Å². The molecule has 0 saturated carbocycles. The van der Waals surface area contributed by atoms with Crippen molar-refractivity contribution in [3.63, 3.8) is 0 Å². The van der Waals surface area contributed by atoms with Crippen molar-refractivity contribution >= 4 is 17.9 Å². The Kier molecular flexibility index (Phi) is 8.92. The molecule has 2 N–H and O–H groups in total. The van der Waals surface area contributed by atoms with Gasteiger partial charge in [-0.25, -0.2) is 4.79 Å². The molecule has 3 amide bonds. The van der Waals surface area contributed by atoms with Crippen LogP contribution in [0.25, 0.3) is 0 Å². The summed E-state index contributed by atoms with van der Waals surface area (Å²) in [6.45, 7) is 5.11. The van der Waals surface area contributed by atoms with Crippen molar-refractivity contribution in [3.05, 3.63) is 35.9 Å². The minimum Gasteiger partial charge on any atom is -0.445 e. The predicted octanol–water partition coefficient (Wildman–Crippen LogP) is 1.69. The first-order valence-corrected chi connectivity index (χ1v) is 9.95. The number of hydrogen-bond acceptors (Lipinski definition) is 5. The third kappa shape index (κ3) is 7.38. The molecular weight excluding hydrogens is 374 g/mol. The summed E-state index contributed by atoms with van der Waals surface area (Å²) >= 11 is 0. The van der Waals surface area contributed by atoms with E-state index in [1.165, 1.54) is 7.11 Å². The number of carbonyl (C=O) groups excluding carboxylic acids is 3. The number of ether oxygens (including phenoxy) is 2. The molecular formula is C21H31N3O5. The molecule has 1 fully saturated rings. The molecule has 8 nitrogen and oxygen atoms in total. The number of nitrogens with one attached hydrogen (secondary N) is 2. The molecule has 1 saturated heterocycles. The summed E-state index contributed by atoms with van der Waals surface area (Å²) in [4.78, 5) is 38.4. The lowest BCUT2D eigenvalue weighted by atomic mass is 10.0. The second kappa shape index (κ2) is 11.4. The van der Waals surface area contributed by atoms with Crippen molar-refractivity contribution in [3.8, 4) is 0 Å². The van der Waals surface area contributed by atoms with Crippen LogP contribution in [0.4, 0.5) is 4.79 Å². The Morgan fingerprint density at radius 1 is 1.14 bits per heavy atom. The molecule has 0 bridgehead atoms. The number of benzene rings is 1. The smallest absolute Gasteiger partial charge is 0.408 e. The van der Waals surface area contributed by atoms with Crippen LogP contribution in [0.15, 0.2) is 30.3 Å². The first-order valence-electron chi connectivity index (χ1n) is 9.95. The van der Waals surface area contributed by atoms with Gasteiger partial charge in [0, 0.05) is 26.2 Å². The molecule has 8 heteroatoms. The first kappa shape index (κ1) is 22.7. The number of rotatable bonds is 8. The normalized spacial score (nSPS) is 15.7. The fourth-order valence-corrected chi connectivity index (χ4v) is 3.21. The Morgan fingerprint density at radius 3 is 2.38 bits per heavy atom. The van der Waals surface area contributed by atoms with Crippen LogP contribution in [0.2, 0.25) is 0 Å². The van der Waals surface area contributed by atoms with E-state index in [1.54, 1.807) is 4.90 Å². The molecule has 29 heavy (non-hydrogen) atoms. The Hall–Kier alpha value is -2.61. The third-order valence-electron chi connectivity index (χ3n) is 4.90. The maximum atomic E-state index is 12.7. The number of likely N-dealkylation sites (tertiary alicyclic amines) is 1. The van der Waals surface area contributed by atoms with E-state index >= 15 is 0 Å². The summed E-state index contributed by atoms with van der Waals surface area (Å²) in [7, 11) is 1.49. The highest BCUT2D eigenvalue weighted by Crippen LogP contribution is 2.12. The van der Waals surface area contributed by atoms with Crippen molar-refractivity contribution in [2.24, 2.45) is 5.92 Å². The maximum absolute atomic E-state index is 12.7. The number of amides is 3. The zero-order chi connectivity index (χ0) is 21.2. The third-order valence-corrected chi connectivity index (χ3v) is 4.90.